The first kappa shape index (κ1) is 19.3. The number of nitrogens with zero attached hydrogens (tertiary/aromatic N) is 2. The lowest BCUT2D eigenvalue weighted by Gasteiger charge is -2.08. The van der Waals surface area contributed by atoms with Gasteiger partial charge in [0.25, 0.3) is 5.56 Å². The van der Waals surface area contributed by atoms with Crippen LogP contribution in [0.5, 0.6) is 0 Å². The van der Waals surface area contributed by atoms with Crippen LogP contribution in [0.2, 0.25) is 5.02 Å². The summed E-state index contributed by atoms with van der Waals surface area (Å²) in [7, 11) is 0. The summed E-state index contributed by atoms with van der Waals surface area (Å²) in [5, 5.41) is 3.73. The third-order valence-electron chi connectivity index (χ3n) is 4.43. The van der Waals surface area contributed by atoms with Gasteiger partial charge in [0.05, 0.1) is 11.7 Å². The molecule has 146 valence electrons. The van der Waals surface area contributed by atoms with Crippen molar-refractivity contribution in [1.29, 1.82) is 0 Å². The van der Waals surface area contributed by atoms with Crippen LogP contribution in [0.4, 0.5) is 10.1 Å². The Kier molecular flexibility index (Phi) is 5.17. The van der Waals surface area contributed by atoms with Crippen LogP contribution < -0.4 is 10.9 Å². The maximum Gasteiger partial charge on any atom is 0.263 e. The molecule has 0 aliphatic heterocycles. The number of hydrogen-bond donors (Lipinski definition) is 1. The molecule has 0 radical (unpaired) electrons. The Hall–Kier alpha value is -3.03. The monoisotopic (exact) mass is 427 g/mol. The maximum atomic E-state index is 13.1. The normalized spacial score (nSPS) is 11.0. The molecule has 0 aliphatic carbocycles. The van der Waals surface area contributed by atoms with Gasteiger partial charge in [-0.05, 0) is 48.9 Å². The zero-order valence-electron chi connectivity index (χ0n) is 15.3. The first-order valence-electron chi connectivity index (χ1n) is 8.72. The molecule has 1 N–H and O–H groups in total. The standard InChI is InChI=1S/C21H15ClFN3O2S/c1-12-18(13-2-4-14(22)5-3-13)19-20(29-12)24-11-26(21(19)28)10-17(27)25-16-8-6-15(23)7-9-16/h2-9,11H,10H2,1H3,(H,25,27). The van der Waals surface area contributed by atoms with E-state index in [0.29, 0.717) is 20.9 Å². The Morgan fingerprint density at radius 1 is 1.17 bits per heavy atom. The molecule has 0 bridgehead atoms. The lowest BCUT2D eigenvalue weighted by molar-refractivity contribution is -0.116. The fourth-order valence-electron chi connectivity index (χ4n) is 3.10. The van der Waals surface area contributed by atoms with Crippen molar-refractivity contribution < 1.29 is 9.18 Å². The molecule has 5 nitrogen and oxygen atoms in total. The first-order chi connectivity index (χ1) is 13.9. The van der Waals surface area contributed by atoms with Crippen LogP contribution in [0.3, 0.4) is 0 Å². The van der Waals surface area contributed by atoms with Crippen LogP contribution in [-0.2, 0) is 11.3 Å². The number of benzene rings is 2. The molecule has 29 heavy (non-hydrogen) atoms. The van der Waals surface area contributed by atoms with Gasteiger partial charge >= 0.3 is 0 Å². The fraction of sp³-hybridized carbons (Fsp3) is 0.0952. The van der Waals surface area contributed by atoms with Crippen LogP contribution >= 0.6 is 22.9 Å². The summed E-state index contributed by atoms with van der Waals surface area (Å²) in [5.74, 6) is -0.795. The predicted molar refractivity (Wildman–Crippen MR) is 114 cm³/mol. The van der Waals surface area contributed by atoms with Gasteiger partial charge in [0, 0.05) is 21.2 Å². The van der Waals surface area contributed by atoms with Gasteiger partial charge in [0.15, 0.2) is 0 Å². The highest BCUT2D eigenvalue weighted by Gasteiger charge is 2.18. The van der Waals surface area contributed by atoms with E-state index in [1.807, 2.05) is 19.1 Å². The van der Waals surface area contributed by atoms with Crippen LogP contribution in [0.15, 0.2) is 59.7 Å². The molecular formula is C21H15ClFN3O2S. The summed E-state index contributed by atoms with van der Waals surface area (Å²) in [6.45, 7) is 1.73. The zero-order valence-corrected chi connectivity index (χ0v) is 16.9. The summed E-state index contributed by atoms with van der Waals surface area (Å²) >= 11 is 7.41. The van der Waals surface area contributed by atoms with Crippen molar-refractivity contribution in [3.8, 4) is 11.1 Å². The number of aryl methyl sites for hydroxylation is 1. The molecule has 2 aromatic heterocycles. The minimum atomic E-state index is -0.403. The Bertz CT molecular complexity index is 1260. The molecule has 2 aromatic carbocycles. The largest absolute Gasteiger partial charge is 0.325 e. The molecule has 0 unspecified atom stereocenters. The number of aromatic nitrogens is 2. The molecule has 0 fully saturated rings. The van der Waals surface area contributed by atoms with Crippen LogP contribution in [0, 0.1) is 12.7 Å². The Labute approximate surface area is 174 Å². The second-order valence-corrected chi connectivity index (χ2v) is 8.09. The number of amides is 1. The number of carbonyl (C=O) groups is 1. The number of anilines is 1. The Morgan fingerprint density at radius 2 is 1.86 bits per heavy atom. The van der Waals surface area contributed by atoms with Crippen molar-refractivity contribution in [3.05, 3.63) is 80.9 Å². The number of hydrogen-bond acceptors (Lipinski definition) is 4. The van der Waals surface area contributed by atoms with E-state index < -0.39 is 11.7 Å². The highest BCUT2D eigenvalue weighted by Crippen LogP contribution is 2.35. The van der Waals surface area contributed by atoms with Crippen molar-refractivity contribution >= 4 is 44.7 Å². The molecular weight excluding hydrogens is 413 g/mol. The van der Waals surface area contributed by atoms with E-state index in [1.165, 1.54) is 46.5 Å². The summed E-state index contributed by atoms with van der Waals surface area (Å²) in [6, 6.07) is 12.7. The number of nitrogens with one attached hydrogen (secondary N) is 1. The maximum absolute atomic E-state index is 13.1. The number of halogens is 2. The van der Waals surface area contributed by atoms with Gasteiger partial charge in [-0.25, -0.2) is 9.37 Å². The predicted octanol–water partition coefficient (Wildman–Crippen LogP) is 4.86. The van der Waals surface area contributed by atoms with Gasteiger partial charge in [-0.2, -0.15) is 0 Å². The SMILES string of the molecule is Cc1sc2ncn(CC(=O)Nc3ccc(F)cc3)c(=O)c2c1-c1ccc(Cl)cc1. The lowest BCUT2D eigenvalue weighted by Crippen LogP contribution is -2.27. The van der Waals surface area contributed by atoms with Gasteiger partial charge in [0.2, 0.25) is 5.91 Å². The summed E-state index contributed by atoms with van der Waals surface area (Å²) < 4.78 is 14.3. The van der Waals surface area contributed by atoms with Crippen LogP contribution in [0.25, 0.3) is 21.3 Å². The Balaban J connectivity index is 1.69. The average Bonchev–Trinajstić information content (AvgIpc) is 3.03. The minimum absolute atomic E-state index is 0.200. The van der Waals surface area contributed by atoms with E-state index in [1.54, 1.807) is 12.1 Å². The molecule has 1 amide bonds. The van der Waals surface area contributed by atoms with Gasteiger partial charge in [0.1, 0.15) is 17.2 Å². The molecule has 4 aromatic rings. The first-order valence-corrected chi connectivity index (χ1v) is 9.92. The zero-order chi connectivity index (χ0) is 20.5. The molecule has 0 aliphatic rings. The second-order valence-electron chi connectivity index (χ2n) is 6.45. The highest BCUT2D eigenvalue weighted by atomic mass is 35.5. The molecule has 8 heteroatoms. The van der Waals surface area contributed by atoms with E-state index in [2.05, 4.69) is 10.3 Å². The van der Waals surface area contributed by atoms with Gasteiger partial charge < -0.3 is 5.32 Å². The molecule has 0 spiro atoms. The number of fused-ring (bicyclic) bond motifs is 1. The van der Waals surface area contributed by atoms with Gasteiger partial charge in [-0.1, -0.05) is 23.7 Å². The third-order valence-corrected chi connectivity index (χ3v) is 5.69. The van der Waals surface area contributed by atoms with Gasteiger partial charge in [-0.3, -0.25) is 14.2 Å². The van der Waals surface area contributed by atoms with Crippen LogP contribution in [0.1, 0.15) is 4.88 Å². The van der Waals surface area contributed by atoms with Crippen molar-refractivity contribution in [1.82, 2.24) is 9.55 Å². The molecule has 0 saturated carbocycles. The third kappa shape index (κ3) is 3.92. The van der Waals surface area contributed by atoms with E-state index >= 15 is 0 Å². The number of carbonyl (C=O) groups excluding carboxylic acids is 1. The lowest BCUT2D eigenvalue weighted by atomic mass is 10.0. The minimum Gasteiger partial charge on any atom is -0.325 e. The fourth-order valence-corrected chi connectivity index (χ4v) is 4.23. The number of thiophene rings is 1. The van der Waals surface area contributed by atoms with Crippen molar-refractivity contribution in [2.45, 2.75) is 13.5 Å². The topological polar surface area (TPSA) is 64.0 Å². The van der Waals surface area contributed by atoms with Crippen molar-refractivity contribution in [3.63, 3.8) is 0 Å². The van der Waals surface area contributed by atoms with Crippen molar-refractivity contribution in [2.24, 2.45) is 0 Å². The average molecular weight is 428 g/mol. The smallest absolute Gasteiger partial charge is 0.263 e. The van der Waals surface area contributed by atoms with E-state index in [0.717, 1.165) is 16.0 Å². The highest BCUT2D eigenvalue weighted by molar-refractivity contribution is 7.19. The van der Waals surface area contributed by atoms with Crippen molar-refractivity contribution in [2.75, 3.05) is 5.32 Å². The van der Waals surface area contributed by atoms with Gasteiger partial charge in [-0.15, -0.1) is 11.3 Å². The van der Waals surface area contributed by atoms with E-state index in [-0.39, 0.29) is 12.1 Å². The summed E-state index contributed by atoms with van der Waals surface area (Å²) in [6.07, 6.45) is 1.37. The summed E-state index contributed by atoms with van der Waals surface area (Å²) in [5.41, 5.74) is 1.82. The van der Waals surface area contributed by atoms with Crippen LogP contribution in [-0.4, -0.2) is 15.5 Å². The Morgan fingerprint density at radius 3 is 2.55 bits per heavy atom. The molecule has 0 atom stereocenters. The number of rotatable bonds is 4. The second kappa shape index (κ2) is 7.77. The summed E-state index contributed by atoms with van der Waals surface area (Å²) in [4.78, 5) is 31.4. The van der Waals surface area contributed by atoms with E-state index in [9.17, 15) is 14.0 Å². The molecule has 2 heterocycles. The quantitative estimate of drug-likeness (QED) is 0.505. The van der Waals surface area contributed by atoms with E-state index in [4.69, 9.17) is 11.6 Å². The molecule has 0 saturated heterocycles. The molecule has 4 rings (SSSR count).